The molecule has 0 radical (unpaired) electrons. The van der Waals surface area contributed by atoms with Gasteiger partial charge in [0.2, 0.25) is 0 Å². The number of para-hydroxylation sites is 1. The molecule has 0 amide bonds. The molecule has 0 fully saturated rings. The van der Waals surface area contributed by atoms with E-state index >= 15 is 0 Å². The van der Waals surface area contributed by atoms with Crippen LogP contribution in [0.15, 0.2) is 24.3 Å². The fourth-order valence-corrected chi connectivity index (χ4v) is 2.50. The molecular formula is C11H16N3S+. The summed E-state index contributed by atoms with van der Waals surface area (Å²) in [7, 11) is 0. The van der Waals surface area contributed by atoms with Crippen molar-refractivity contribution in [1.29, 1.82) is 0 Å². The molecular weight excluding hydrogens is 206 g/mol. The molecule has 3 nitrogen and oxygen atoms in total. The molecule has 0 bridgehead atoms. The normalized spacial score (nSPS) is 10.7. The van der Waals surface area contributed by atoms with Crippen LogP contribution in [0.3, 0.4) is 0 Å². The highest BCUT2D eigenvalue weighted by Crippen LogP contribution is 2.22. The molecule has 15 heavy (non-hydrogen) atoms. The van der Waals surface area contributed by atoms with Crippen LogP contribution in [-0.4, -0.2) is 6.54 Å². The molecule has 1 aromatic heterocycles. The number of hydrogen-bond donors (Lipinski definition) is 2. The molecule has 1 heterocycles. The minimum absolute atomic E-state index is 0.987. The number of hydrogen-bond acceptors (Lipinski definition) is 3. The van der Waals surface area contributed by atoms with Gasteiger partial charge >= 0.3 is 5.13 Å². The number of unbranched alkanes of at least 4 members (excludes halogenated alkanes) is 1. The van der Waals surface area contributed by atoms with Gasteiger partial charge in [-0.2, -0.15) is 0 Å². The Morgan fingerprint density at radius 1 is 1.40 bits per heavy atom. The largest absolute Gasteiger partial charge is 0.358 e. The van der Waals surface area contributed by atoms with Gasteiger partial charge in [-0.25, -0.2) is 0 Å². The average Bonchev–Trinajstić information content (AvgIpc) is 2.57. The molecule has 0 atom stereocenters. The quantitative estimate of drug-likeness (QED) is 0.472. The van der Waals surface area contributed by atoms with Gasteiger partial charge in [0, 0.05) is 0 Å². The van der Waals surface area contributed by atoms with E-state index in [-0.39, 0.29) is 0 Å². The number of nitrogen functional groups attached to an aromatic ring is 1. The molecule has 0 aliphatic rings. The fourth-order valence-electron chi connectivity index (χ4n) is 1.50. The van der Waals surface area contributed by atoms with Crippen molar-refractivity contribution in [3.8, 4) is 0 Å². The van der Waals surface area contributed by atoms with Crippen LogP contribution >= 0.6 is 11.3 Å². The summed E-state index contributed by atoms with van der Waals surface area (Å²) in [6, 6.07) is 8.17. The van der Waals surface area contributed by atoms with Crippen molar-refractivity contribution >= 4 is 26.7 Å². The van der Waals surface area contributed by atoms with Gasteiger partial charge in [0.05, 0.1) is 11.2 Å². The lowest BCUT2D eigenvalue weighted by atomic mass is 10.3. The van der Waals surface area contributed by atoms with Crippen molar-refractivity contribution in [2.75, 3.05) is 17.7 Å². The van der Waals surface area contributed by atoms with E-state index in [4.69, 9.17) is 5.84 Å². The SMILES string of the molecule is CCCCNc1sc2ccccc2[n+]1N. The van der Waals surface area contributed by atoms with E-state index in [1.54, 1.807) is 16.0 Å². The topological polar surface area (TPSA) is 41.9 Å². The molecule has 80 valence electrons. The molecule has 0 saturated heterocycles. The Morgan fingerprint density at radius 2 is 2.20 bits per heavy atom. The summed E-state index contributed by atoms with van der Waals surface area (Å²) < 4.78 is 2.95. The first-order valence-corrected chi connectivity index (χ1v) is 6.07. The van der Waals surface area contributed by atoms with E-state index in [1.807, 2.05) is 18.2 Å². The number of rotatable bonds is 4. The Kier molecular flexibility index (Phi) is 3.06. The zero-order chi connectivity index (χ0) is 10.7. The second kappa shape index (κ2) is 4.49. The molecule has 0 aliphatic heterocycles. The molecule has 2 rings (SSSR count). The summed E-state index contributed by atoms with van der Waals surface area (Å²) in [6.45, 7) is 3.17. The van der Waals surface area contributed by atoms with Crippen LogP contribution in [0.2, 0.25) is 0 Å². The van der Waals surface area contributed by atoms with Crippen LogP contribution in [0, 0.1) is 0 Å². The third kappa shape index (κ3) is 2.04. The predicted molar refractivity (Wildman–Crippen MR) is 65.6 cm³/mol. The van der Waals surface area contributed by atoms with Crippen LogP contribution in [0.1, 0.15) is 19.8 Å². The summed E-state index contributed by atoms with van der Waals surface area (Å²) in [4.78, 5) is 0. The smallest absolute Gasteiger partial charge is 0.267 e. The molecule has 1 aromatic carbocycles. The lowest BCUT2D eigenvalue weighted by Gasteiger charge is -1.95. The number of nitrogens with zero attached hydrogens (tertiary/aromatic N) is 1. The van der Waals surface area contributed by atoms with Crippen molar-refractivity contribution in [2.24, 2.45) is 0 Å². The van der Waals surface area contributed by atoms with Crippen LogP contribution in [0.4, 0.5) is 5.13 Å². The summed E-state index contributed by atoms with van der Waals surface area (Å²) in [5, 5.41) is 4.39. The highest BCUT2D eigenvalue weighted by Gasteiger charge is 2.14. The van der Waals surface area contributed by atoms with E-state index in [0.29, 0.717) is 0 Å². The van der Waals surface area contributed by atoms with Gasteiger partial charge in [-0.05, 0) is 29.9 Å². The number of aromatic nitrogens is 1. The first-order valence-electron chi connectivity index (χ1n) is 5.25. The van der Waals surface area contributed by atoms with Gasteiger partial charge in [0.15, 0.2) is 5.52 Å². The lowest BCUT2D eigenvalue weighted by Crippen LogP contribution is -2.45. The second-order valence-electron chi connectivity index (χ2n) is 3.53. The standard InChI is InChI=1S/C11H15N3S/c1-2-3-8-13-11-14(12)9-6-4-5-7-10(9)15-11/h4-7H,2-3,8,12H2,1H3/p+1. The maximum atomic E-state index is 5.99. The van der Waals surface area contributed by atoms with E-state index in [0.717, 1.165) is 17.2 Å². The summed E-state index contributed by atoms with van der Waals surface area (Å²) in [5.74, 6) is 5.99. The monoisotopic (exact) mass is 222 g/mol. The molecule has 0 spiro atoms. The lowest BCUT2D eigenvalue weighted by molar-refractivity contribution is -0.592. The van der Waals surface area contributed by atoms with E-state index in [9.17, 15) is 0 Å². The third-order valence-electron chi connectivity index (χ3n) is 2.36. The van der Waals surface area contributed by atoms with Crippen LogP contribution in [0.5, 0.6) is 0 Å². The van der Waals surface area contributed by atoms with Crippen LogP contribution in [0.25, 0.3) is 10.2 Å². The van der Waals surface area contributed by atoms with Crippen molar-refractivity contribution in [1.82, 2.24) is 0 Å². The average molecular weight is 222 g/mol. The molecule has 0 unspecified atom stereocenters. The Hall–Kier alpha value is -1.29. The molecule has 0 saturated carbocycles. The maximum absolute atomic E-state index is 5.99. The Bertz CT molecular complexity index is 450. The van der Waals surface area contributed by atoms with Crippen molar-refractivity contribution < 1.29 is 4.68 Å². The summed E-state index contributed by atoms with van der Waals surface area (Å²) >= 11 is 1.70. The van der Waals surface area contributed by atoms with Crippen molar-refractivity contribution in [2.45, 2.75) is 19.8 Å². The zero-order valence-electron chi connectivity index (χ0n) is 8.86. The highest BCUT2D eigenvalue weighted by atomic mass is 32.1. The van der Waals surface area contributed by atoms with Crippen LogP contribution < -0.4 is 15.8 Å². The molecule has 3 N–H and O–H groups in total. The fraction of sp³-hybridized carbons (Fsp3) is 0.364. The number of fused-ring (bicyclic) bond motifs is 1. The molecule has 4 heteroatoms. The Labute approximate surface area is 93.5 Å². The van der Waals surface area contributed by atoms with E-state index in [1.165, 1.54) is 17.5 Å². The maximum Gasteiger partial charge on any atom is 0.358 e. The number of nitrogens with one attached hydrogen (secondary N) is 1. The minimum Gasteiger partial charge on any atom is -0.267 e. The van der Waals surface area contributed by atoms with E-state index in [2.05, 4.69) is 18.3 Å². The highest BCUT2D eigenvalue weighted by molar-refractivity contribution is 7.21. The van der Waals surface area contributed by atoms with Gasteiger partial charge in [-0.15, -0.1) is 4.68 Å². The Morgan fingerprint density at radius 3 is 2.93 bits per heavy atom. The first-order chi connectivity index (χ1) is 7.33. The Balaban J connectivity index is 2.24. The second-order valence-corrected chi connectivity index (χ2v) is 4.56. The van der Waals surface area contributed by atoms with Crippen molar-refractivity contribution in [3.63, 3.8) is 0 Å². The third-order valence-corrected chi connectivity index (χ3v) is 3.46. The van der Waals surface area contributed by atoms with Crippen molar-refractivity contribution in [3.05, 3.63) is 24.3 Å². The number of benzene rings is 1. The summed E-state index contributed by atoms with van der Waals surface area (Å²) in [5.41, 5.74) is 1.08. The molecule has 0 aliphatic carbocycles. The molecule has 2 aromatic rings. The number of anilines is 1. The number of nitrogens with two attached hydrogens (primary N) is 1. The van der Waals surface area contributed by atoms with Gasteiger partial charge < -0.3 is 0 Å². The van der Waals surface area contributed by atoms with E-state index < -0.39 is 0 Å². The predicted octanol–water partition coefficient (Wildman–Crippen LogP) is 2.11. The summed E-state index contributed by atoms with van der Waals surface area (Å²) in [6.07, 6.45) is 2.37. The first kappa shape index (κ1) is 10.2. The van der Waals surface area contributed by atoms with Gasteiger partial charge in [0.1, 0.15) is 0 Å². The number of thiazole rings is 1. The minimum atomic E-state index is 0.987. The van der Waals surface area contributed by atoms with Gasteiger partial charge in [-0.3, -0.25) is 11.2 Å². The van der Waals surface area contributed by atoms with Gasteiger partial charge in [-0.1, -0.05) is 25.5 Å². The zero-order valence-corrected chi connectivity index (χ0v) is 9.68. The van der Waals surface area contributed by atoms with Gasteiger partial charge in [0.25, 0.3) is 0 Å². The van der Waals surface area contributed by atoms with Crippen LogP contribution in [-0.2, 0) is 0 Å².